The van der Waals surface area contributed by atoms with Gasteiger partial charge in [0.1, 0.15) is 22.4 Å². The highest BCUT2D eigenvalue weighted by Gasteiger charge is 2.28. The van der Waals surface area contributed by atoms with Crippen molar-refractivity contribution in [3.8, 4) is 0 Å². The Bertz CT molecular complexity index is 2720. The average Bonchev–Trinajstić information content (AvgIpc) is 3.26. The van der Waals surface area contributed by atoms with Gasteiger partial charge in [-0.3, -0.25) is 37.9 Å². The second-order valence-electron chi connectivity index (χ2n) is 14.9. The second kappa shape index (κ2) is 21.6. The summed E-state index contributed by atoms with van der Waals surface area (Å²) in [6.07, 6.45) is 5.80. The number of β-amino-alcohol motifs (C(OH)–C–C–N with tert-alkyl or cyclic N) is 1. The van der Waals surface area contributed by atoms with Crippen molar-refractivity contribution < 1.29 is 34.5 Å². The Morgan fingerprint density at radius 3 is 1.46 bits per heavy atom. The number of rotatable bonds is 12. The lowest BCUT2D eigenvalue weighted by Crippen LogP contribution is -2.53. The summed E-state index contributed by atoms with van der Waals surface area (Å²) in [5, 5.41) is 34.6. The second-order valence-corrected chi connectivity index (χ2v) is 15.8. The number of amides is 3. The van der Waals surface area contributed by atoms with E-state index >= 15 is 0 Å². The lowest BCUT2D eigenvalue weighted by molar-refractivity contribution is -0.141. The van der Waals surface area contributed by atoms with Crippen LogP contribution in [0, 0.1) is 0 Å². The summed E-state index contributed by atoms with van der Waals surface area (Å²) in [5.41, 5.74) is 1.30. The first kappa shape index (κ1) is 46.1. The molecule has 5 heterocycles. The number of benzene rings is 2. The van der Waals surface area contributed by atoms with Crippen LogP contribution in [0.5, 0.6) is 0 Å². The van der Waals surface area contributed by atoms with E-state index in [0.29, 0.717) is 45.2 Å². The molecule has 1 saturated heterocycles. The molecule has 2 aliphatic rings. The number of likely N-dealkylation sites (tertiary alicyclic amines) is 1. The zero-order chi connectivity index (χ0) is 45.0. The van der Waals surface area contributed by atoms with Gasteiger partial charge in [-0.05, 0) is 91.1 Å². The van der Waals surface area contributed by atoms with E-state index in [0.717, 1.165) is 24.0 Å². The topological polar surface area (TPSA) is 226 Å². The molecule has 4 aromatic heterocycles. The third-order valence-electron chi connectivity index (χ3n) is 10.3. The Labute approximate surface area is 370 Å². The molecule has 328 valence electrons. The molecule has 0 radical (unpaired) electrons. The number of carbonyl (C=O) groups is 4. The first-order valence-electron chi connectivity index (χ1n) is 20.2. The van der Waals surface area contributed by atoms with E-state index in [1.807, 2.05) is 0 Å². The lowest BCUT2D eigenvalue weighted by Gasteiger charge is -2.36. The van der Waals surface area contributed by atoms with Gasteiger partial charge in [0, 0.05) is 78.9 Å². The SMILES string of the molecule is O=C(NCc1ccc(Cl)cc1)c1cc2cccnc2n(CCC(=O)N2CC(O)C2)c1=O.O=C(O)CCn1c(=O)c(C(=O)NCc2ccc(Cl)cc2)cc2cccnc21.OC1CCC1. The zero-order valence-corrected chi connectivity index (χ0v) is 35.5. The van der Waals surface area contributed by atoms with Gasteiger partial charge in [-0.25, -0.2) is 9.97 Å². The number of hydrogen-bond acceptors (Lipinski definition) is 10. The minimum Gasteiger partial charge on any atom is -0.481 e. The fourth-order valence-electron chi connectivity index (χ4n) is 6.53. The van der Waals surface area contributed by atoms with Crippen LogP contribution in [0.2, 0.25) is 10.0 Å². The summed E-state index contributed by atoms with van der Waals surface area (Å²) in [7, 11) is 0. The Balaban J connectivity index is 0.000000190. The number of aliphatic carboxylic acids is 1. The molecule has 2 fully saturated rings. The summed E-state index contributed by atoms with van der Waals surface area (Å²) in [6, 6.07) is 23.9. The van der Waals surface area contributed by atoms with Gasteiger partial charge in [0.15, 0.2) is 0 Å². The predicted octanol–water partition coefficient (Wildman–Crippen LogP) is 4.56. The highest BCUT2D eigenvalue weighted by atomic mass is 35.5. The molecule has 16 nitrogen and oxygen atoms in total. The van der Waals surface area contributed by atoms with Gasteiger partial charge < -0.3 is 30.9 Å². The number of pyridine rings is 4. The minimum atomic E-state index is -1.04. The molecular weight excluding hydrogens is 853 g/mol. The Morgan fingerprint density at radius 1 is 0.651 bits per heavy atom. The zero-order valence-electron chi connectivity index (χ0n) is 34.0. The molecule has 0 atom stereocenters. The van der Waals surface area contributed by atoms with Gasteiger partial charge in [0.05, 0.1) is 18.6 Å². The van der Waals surface area contributed by atoms with Crippen LogP contribution in [0.3, 0.4) is 0 Å². The van der Waals surface area contributed by atoms with Crippen LogP contribution in [0.1, 0.15) is 63.9 Å². The lowest BCUT2D eigenvalue weighted by atomic mass is 9.97. The van der Waals surface area contributed by atoms with Crippen LogP contribution in [-0.4, -0.2) is 88.3 Å². The van der Waals surface area contributed by atoms with Crippen molar-refractivity contribution in [2.24, 2.45) is 0 Å². The van der Waals surface area contributed by atoms with Crippen LogP contribution in [-0.2, 0) is 35.8 Å². The number of hydrogen-bond donors (Lipinski definition) is 5. The van der Waals surface area contributed by atoms with E-state index in [1.54, 1.807) is 79.0 Å². The maximum atomic E-state index is 13.1. The maximum absolute atomic E-state index is 13.1. The van der Waals surface area contributed by atoms with Crippen LogP contribution in [0.15, 0.2) is 107 Å². The van der Waals surface area contributed by atoms with Gasteiger partial charge >= 0.3 is 5.97 Å². The van der Waals surface area contributed by atoms with E-state index < -0.39 is 35.0 Å². The Kier molecular flexibility index (Phi) is 15.8. The molecule has 18 heteroatoms. The van der Waals surface area contributed by atoms with Crippen molar-refractivity contribution in [1.29, 1.82) is 0 Å². The largest absolute Gasteiger partial charge is 0.481 e. The van der Waals surface area contributed by atoms with E-state index in [9.17, 15) is 33.9 Å². The summed E-state index contributed by atoms with van der Waals surface area (Å²) >= 11 is 11.7. The summed E-state index contributed by atoms with van der Waals surface area (Å²) in [5.74, 6) is -2.23. The number of carboxylic acid groups (broad SMARTS) is 1. The quantitative estimate of drug-likeness (QED) is 0.115. The number of aliphatic hydroxyl groups excluding tert-OH is 2. The molecule has 8 rings (SSSR count). The number of aliphatic hydroxyl groups is 2. The summed E-state index contributed by atoms with van der Waals surface area (Å²) in [6.45, 7) is 1.11. The van der Waals surface area contributed by atoms with E-state index in [2.05, 4.69) is 20.6 Å². The van der Waals surface area contributed by atoms with Crippen molar-refractivity contribution in [1.82, 2.24) is 34.6 Å². The number of halogens is 2. The maximum Gasteiger partial charge on any atom is 0.305 e. The average molecular weight is 899 g/mol. The minimum absolute atomic E-state index is 0.0127. The monoisotopic (exact) mass is 897 g/mol. The molecule has 0 bridgehead atoms. The molecule has 0 unspecified atom stereocenters. The number of carboxylic acids is 1. The van der Waals surface area contributed by atoms with Crippen LogP contribution >= 0.6 is 23.2 Å². The number of fused-ring (bicyclic) bond motifs is 2. The standard InChI is InChI=1S/C22H21ClN4O4.C19H16ClN3O4.C4H8O/c23-16-5-3-14(4-6-16)11-25-21(30)18-10-15-2-1-8-24-20(15)27(22(18)31)9-7-19(29)26-12-17(28)13-26;20-14-5-3-12(4-6-14)11-22-18(26)15-10-13-2-1-8-21-17(13)23(19(15)27)9-7-16(24)25;5-4-2-1-3-4/h1-6,8,10,17,28H,7,9,11-13H2,(H,25,30);1-6,8,10H,7,9,11H2,(H,22,26)(H,24,25);4-5H,1-3H2. The molecule has 3 amide bonds. The van der Waals surface area contributed by atoms with Gasteiger partial charge in [-0.15, -0.1) is 0 Å². The van der Waals surface area contributed by atoms with Crippen LogP contribution < -0.4 is 21.8 Å². The molecule has 1 aliphatic carbocycles. The Morgan fingerprint density at radius 2 is 1.08 bits per heavy atom. The molecule has 1 saturated carbocycles. The number of aromatic nitrogens is 4. The van der Waals surface area contributed by atoms with Crippen molar-refractivity contribution in [2.45, 2.75) is 70.5 Å². The molecule has 0 spiro atoms. The van der Waals surface area contributed by atoms with Gasteiger partial charge in [0.2, 0.25) is 5.91 Å². The third kappa shape index (κ3) is 12.3. The number of carbonyl (C=O) groups excluding carboxylic acids is 3. The number of aryl methyl sites for hydroxylation is 2. The van der Waals surface area contributed by atoms with Gasteiger partial charge in [-0.1, -0.05) is 47.5 Å². The van der Waals surface area contributed by atoms with Crippen LogP contribution in [0.4, 0.5) is 0 Å². The van der Waals surface area contributed by atoms with E-state index in [4.69, 9.17) is 33.4 Å². The number of nitrogens with one attached hydrogen (secondary N) is 2. The van der Waals surface area contributed by atoms with Crippen molar-refractivity contribution in [2.75, 3.05) is 13.1 Å². The molecule has 63 heavy (non-hydrogen) atoms. The van der Waals surface area contributed by atoms with E-state index in [-0.39, 0.29) is 62.2 Å². The third-order valence-corrected chi connectivity index (χ3v) is 10.8. The van der Waals surface area contributed by atoms with Crippen molar-refractivity contribution >= 4 is 69.0 Å². The normalized spacial score (nSPS) is 13.4. The molecule has 2 aromatic carbocycles. The predicted molar refractivity (Wildman–Crippen MR) is 237 cm³/mol. The van der Waals surface area contributed by atoms with Gasteiger partial charge in [-0.2, -0.15) is 0 Å². The smallest absolute Gasteiger partial charge is 0.305 e. The molecule has 5 N–H and O–H groups in total. The first-order chi connectivity index (χ1) is 30.3. The highest BCUT2D eigenvalue weighted by molar-refractivity contribution is 6.30. The van der Waals surface area contributed by atoms with E-state index in [1.165, 1.54) is 38.8 Å². The van der Waals surface area contributed by atoms with Gasteiger partial charge in [0.25, 0.3) is 22.9 Å². The van der Waals surface area contributed by atoms with Crippen LogP contribution in [0.25, 0.3) is 22.1 Å². The van der Waals surface area contributed by atoms with Crippen molar-refractivity contribution in [3.63, 3.8) is 0 Å². The Hall–Kier alpha value is -6.46. The molecule has 6 aromatic rings. The molecule has 1 aliphatic heterocycles. The fraction of sp³-hybridized carbons (Fsp3) is 0.289. The highest BCUT2D eigenvalue weighted by Crippen LogP contribution is 2.17. The first-order valence-corrected chi connectivity index (χ1v) is 20.9. The summed E-state index contributed by atoms with van der Waals surface area (Å²) < 4.78 is 2.58. The number of nitrogens with zero attached hydrogens (tertiary/aromatic N) is 5. The van der Waals surface area contributed by atoms with Crippen molar-refractivity contribution in [3.05, 3.63) is 150 Å². The fourth-order valence-corrected chi connectivity index (χ4v) is 6.78. The summed E-state index contributed by atoms with van der Waals surface area (Å²) in [4.78, 5) is 84.3. The molecular formula is C45H45Cl2N7O9.